The summed E-state index contributed by atoms with van der Waals surface area (Å²) in [6.45, 7) is 2.77. The van der Waals surface area contributed by atoms with Crippen LogP contribution in [0.15, 0.2) is 18.3 Å². The quantitative estimate of drug-likeness (QED) is 0.786. The van der Waals surface area contributed by atoms with E-state index in [2.05, 4.69) is 15.6 Å². The van der Waals surface area contributed by atoms with E-state index in [0.29, 0.717) is 5.92 Å². The van der Waals surface area contributed by atoms with Crippen LogP contribution in [-0.2, 0) is 4.74 Å². The van der Waals surface area contributed by atoms with Gasteiger partial charge in [-0.1, -0.05) is 0 Å². The molecule has 2 N–H and O–H groups in total. The molecule has 15 heavy (non-hydrogen) atoms. The summed E-state index contributed by atoms with van der Waals surface area (Å²) in [5.41, 5.74) is 1.11. The van der Waals surface area contributed by atoms with Crippen molar-refractivity contribution in [2.75, 3.05) is 37.4 Å². The average Bonchev–Trinajstić information content (AvgIpc) is 2.79. The molecule has 4 nitrogen and oxygen atoms in total. The second-order valence-corrected chi connectivity index (χ2v) is 3.79. The molecule has 0 aromatic carbocycles. The maximum atomic E-state index is 5.33. The lowest BCUT2D eigenvalue weighted by Crippen LogP contribution is -2.14. The number of nitrogens with one attached hydrogen (secondary N) is 2. The van der Waals surface area contributed by atoms with E-state index >= 15 is 0 Å². The summed E-state index contributed by atoms with van der Waals surface area (Å²) < 4.78 is 5.33. The fourth-order valence-electron chi connectivity index (χ4n) is 1.68. The molecule has 1 aromatic heterocycles. The van der Waals surface area contributed by atoms with E-state index in [1.807, 2.05) is 19.2 Å². The summed E-state index contributed by atoms with van der Waals surface area (Å²) in [5.74, 6) is 1.54. The number of pyridine rings is 1. The zero-order valence-electron chi connectivity index (χ0n) is 8.99. The second kappa shape index (κ2) is 4.98. The molecular formula is C11H17N3O. The van der Waals surface area contributed by atoms with E-state index in [-0.39, 0.29) is 0 Å². The molecule has 1 aromatic rings. The van der Waals surface area contributed by atoms with E-state index in [1.54, 1.807) is 6.20 Å². The Balaban J connectivity index is 1.86. The van der Waals surface area contributed by atoms with Crippen LogP contribution in [0.25, 0.3) is 0 Å². The minimum absolute atomic E-state index is 0.649. The van der Waals surface area contributed by atoms with Crippen molar-refractivity contribution in [3.63, 3.8) is 0 Å². The fraction of sp³-hybridized carbons (Fsp3) is 0.545. The second-order valence-electron chi connectivity index (χ2n) is 3.79. The van der Waals surface area contributed by atoms with Gasteiger partial charge in [0.1, 0.15) is 5.82 Å². The van der Waals surface area contributed by atoms with Gasteiger partial charge in [0.05, 0.1) is 6.61 Å². The van der Waals surface area contributed by atoms with Crippen molar-refractivity contribution in [2.45, 2.75) is 6.42 Å². The van der Waals surface area contributed by atoms with Gasteiger partial charge in [0, 0.05) is 44.1 Å². The summed E-state index contributed by atoms with van der Waals surface area (Å²) in [6.07, 6.45) is 2.97. The van der Waals surface area contributed by atoms with Crippen LogP contribution in [0.5, 0.6) is 0 Å². The van der Waals surface area contributed by atoms with Gasteiger partial charge in [-0.25, -0.2) is 4.98 Å². The lowest BCUT2D eigenvalue weighted by molar-refractivity contribution is 0.187. The number of ether oxygens (including phenoxy) is 1. The maximum absolute atomic E-state index is 5.33. The lowest BCUT2D eigenvalue weighted by atomic mass is 10.1. The van der Waals surface area contributed by atoms with Gasteiger partial charge in [0.2, 0.25) is 0 Å². The molecule has 0 radical (unpaired) electrons. The van der Waals surface area contributed by atoms with Crippen LogP contribution >= 0.6 is 0 Å². The van der Waals surface area contributed by atoms with E-state index in [1.165, 1.54) is 0 Å². The number of hydrogen-bond acceptors (Lipinski definition) is 4. The number of hydrogen-bond donors (Lipinski definition) is 2. The molecule has 82 valence electrons. The summed E-state index contributed by atoms with van der Waals surface area (Å²) >= 11 is 0. The first-order valence-electron chi connectivity index (χ1n) is 5.34. The predicted molar refractivity (Wildman–Crippen MR) is 61.2 cm³/mol. The largest absolute Gasteiger partial charge is 0.385 e. The van der Waals surface area contributed by atoms with Crippen LogP contribution in [0.1, 0.15) is 6.42 Å². The van der Waals surface area contributed by atoms with Gasteiger partial charge in [-0.05, 0) is 12.5 Å². The molecule has 0 amide bonds. The standard InChI is InChI=1S/C11H17N3O/c1-12-11-6-10(2-4-13-11)14-7-9-3-5-15-8-9/h2,4,6,9H,3,5,7-8H2,1H3,(H2,12,13,14). The van der Waals surface area contributed by atoms with Gasteiger partial charge in [-0.3, -0.25) is 0 Å². The van der Waals surface area contributed by atoms with Crippen molar-refractivity contribution in [2.24, 2.45) is 5.92 Å². The first kappa shape index (κ1) is 10.2. The van der Waals surface area contributed by atoms with Crippen molar-refractivity contribution in [3.05, 3.63) is 18.3 Å². The van der Waals surface area contributed by atoms with Gasteiger partial charge < -0.3 is 15.4 Å². The number of nitrogens with zero attached hydrogens (tertiary/aromatic N) is 1. The first-order valence-corrected chi connectivity index (χ1v) is 5.34. The normalized spacial score (nSPS) is 20.2. The number of aromatic nitrogens is 1. The van der Waals surface area contributed by atoms with Crippen molar-refractivity contribution in [3.8, 4) is 0 Å². The zero-order valence-corrected chi connectivity index (χ0v) is 8.99. The molecule has 0 aliphatic carbocycles. The molecule has 1 atom stereocenters. The van der Waals surface area contributed by atoms with Crippen LogP contribution in [0.4, 0.5) is 11.5 Å². The number of rotatable bonds is 4. The van der Waals surface area contributed by atoms with E-state index in [0.717, 1.165) is 37.7 Å². The Morgan fingerprint density at radius 1 is 1.60 bits per heavy atom. The molecule has 1 aliphatic heterocycles. The average molecular weight is 207 g/mol. The Bertz CT molecular complexity index is 310. The minimum Gasteiger partial charge on any atom is -0.385 e. The molecule has 0 bridgehead atoms. The molecule has 1 unspecified atom stereocenters. The highest BCUT2D eigenvalue weighted by Gasteiger charge is 2.14. The molecule has 0 saturated carbocycles. The summed E-state index contributed by atoms with van der Waals surface area (Å²) in [4.78, 5) is 4.16. The minimum atomic E-state index is 0.649. The van der Waals surface area contributed by atoms with Crippen LogP contribution in [0, 0.1) is 5.92 Å². The molecule has 1 saturated heterocycles. The molecule has 0 spiro atoms. The highest BCUT2D eigenvalue weighted by molar-refractivity contribution is 5.51. The monoisotopic (exact) mass is 207 g/mol. The Kier molecular flexibility index (Phi) is 3.40. The van der Waals surface area contributed by atoms with Gasteiger partial charge in [-0.15, -0.1) is 0 Å². The SMILES string of the molecule is CNc1cc(NCC2CCOC2)ccn1. The zero-order chi connectivity index (χ0) is 10.5. The van der Waals surface area contributed by atoms with Crippen molar-refractivity contribution in [1.29, 1.82) is 0 Å². The molecule has 1 fully saturated rings. The fourth-order valence-corrected chi connectivity index (χ4v) is 1.68. The van der Waals surface area contributed by atoms with Crippen LogP contribution in [-0.4, -0.2) is 31.8 Å². The Morgan fingerprint density at radius 3 is 3.27 bits per heavy atom. The summed E-state index contributed by atoms with van der Waals surface area (Å²) in [7, 11) is 1.87. The lowest BCUT2D eigenvalue weighted by Gasteiger charge is -2.11. The first-order chi connectivity index (χ1) is 7.38. The van der Waals surface area contributed by atoms with Crippen LogP contribution < -0.4 is 10.6 Å². The smallest absolute Gasteiger partial charge is 0.127 e. The van der Waals surface area contributed by atoms with Crippen LogP contribution in [0.3, 0.4) is 0 Å². The van der Waals surface area contributed by atoms with Crippen molar-refractivity contribution in [1.82, 2.24) is 4.98 Å². The molecular weight excluding hydrogens is 190 g/mol. The van der Waals surface area contributed by atoms with Gasteiger partial charge >= 0.3 is 0 Å². The van der Waals surface area contributed by atoms with Gasteiger partial charge in [0.25, 0.3) is 0 Å². The Morgan fingerprint density at radius 2 is 2.53 bits per heavy atom. The van der Waals surface area contributed by atoms with E-state index in [9.17, 15) is 0 Å². The highest BCUT2D eigenvalue weighted by atomic mass is 16.5. The van der Waals surface area contributed by atoms with E-state index < -0.39 is 0 Å². The molecule has 2 heterocycles. The third-order valence-corrected chi connectivity index (χ3v) is 2.63. The summed E-state index contributed by atoms with van der Waals surface area (Å²) in [5, 5.41) is 6.42. The number of anilines is 2. The van der Waals surface area contributed by atoms with E-state index in [4.69, 9.17) is 4.74 Å². The van der Waals surface area contributed by atoms with Crippen molar-refractivity contribution < 1.29 is 4.74 Å². The van der Waals surface area contributed by atoms with Gasteiger partial charge in [-0.2, -0.15) is 0 Å². The highest BCUT2D eigenvalue weighted by Crippen LogP contribution is 2.15. The van der Waals surface area contributed by atoms with Crippen molar-refractivity contribution >= 4 is 11.5 Å². The third kappa shape index (κ3) is 2.83. The third-order valence-electron chi connectivity index (χ3n) is 2.63. The molecule has 2 rings (SSSR count). The summed E-state index contributed by atoms with van der Waals surface area (Å²) in [6, 6.07) is 3.99. The van der Waals surface area contributed by atoms with Gasteiger partial charge in [0.15, 0.2) is 0 Å². The maximum Gasteiger partial charge on any atom is 0.127 e. The van der Waals surface area contributed by atoms with Crippen LogP contribution in [0.2, 0.25) is 0 Å². The Hall–Kier alpha value is -1.29. The molecule has 1 aliphatic rings. The molecule has 4 heteroatoms. The Labute approximate surface area is 90.0 Å². The predicted octanol–water partition coefficient (Wildman–Crippen LogP) is 1.57. The topological polar surface area (TPSA) is 46.2 Å².